The summed E-state index contributed by atoms with van der Waals surface area (Å²) in [5.74, 6) is -2.32. The number of furan rings is 1. The molecule has 154 valence electrons. The molecule has 3 rings (SSSR count). The Hall–Kier alpha value is -3.50. The first-order valence-corrected chi connectivity index (χ1v) is 10.4. The van der Waals surface area contributed by atoms with Crippen molar-refractivity contribution in [1.29, 1.82) is 0 Å². The summed E-state index contributed by atoms with van der Waals surface area (Å²) in [6.07, 6.45) is 0. The molecular weight excluding hydrogens is 434 g/mol. The number of sulfone groups is 1. The molecule has 1 aromatic heterocycles. The molecule has 0 aliphatic heterocycles. The van der Waals surface area contributed by atoms with Gasteiger partial charge in [-0.1, -0.05) is 41.9 Å². The fraction of sp³-hybridized carbons (Fsp3) is 0.0526. The minimum absolute atomic E-state index is 0.0462. The predicted molar refractivity (Wildman–Crippen MR) is 109 cm³/mol. The molecule has 0 fully saturated rings. The van der Waals surface area contributed by atoms with Gasteiger partial charge in [0, 0.05) is 5.02 Å². The minimum Gasteiger partial charge on any atom is -0.395 e. The zero-order valence-electron chi connectivity index (χ0n) is 15.2. The molecule has 0 saturated heterocycles. The number of benzene rings is 2. The van der Waals surface area contributed by atoms with Crippen molar-refractivity contribution in [3.8, 4) is 0 Å². The van der Waals surface area contributed by atoms with Crippen LogP contribution in [0.5, 0.6) is 0 Å². The van der Waals surface area contributed by atoms with E-state index < -0.39 is 32.3 Å². The van der Waals surface area contributed by atoms with E-state index in [1.54, 1.807) is 42.5 Å². The second-order valence-corrected chi connectivity index (χ2v) is 8.40. The number of halogens is 1. The Morgan fingerprint density at radius 3 is 2.33 bits per heavy atom. The quantitative estimate of drug-likeness (QED) is 0.335. The summed E-state index contributed by atoms with van der Waals surface area (Å²) in [6, 6.07) is 16.2. The Bertz CT molecular complexity index is 1200. The molecule has 1 amide bonds. The van der Waals surface area contributed by atoms with E-state index in [0.717, 1.165) is 12.1 Å². The van der Waals surface area contributed by atoms with E-state index in [4.69, 9.17) is 16.0 Å². The number of carbonyl (C=O) groups excluding carboxylic acids is 1. The Morgan fingerprint density at radius 1 is 1.07 bits per heavy atom. The lowest BCUT2D eigenvalue weighted by atomic mass is 10.1. The summed E-state index contributed by atoms with van der Waals surface area (Å²) >= 11 is 5.89. The molecule has 0 aliphatic rings. The topological polar surface area (TPSA) is 132 Å². The van der Waals surface area contributed by atoms with Gasteiger partial charge < -0.3 is 4.42 Å². The third-order valence-electron chi connectivity index (χ3n) is 3.89. The fourth-order valence-electron chi connectivity index (χ4n) is 2.43. The zero-order valence-corrected chi connectivity index (χ0v) is 16.8. The zero-order chi connectivity index (χ0) is 21.7. The van der Waals surface area contributed by atoms with Crippen LogP contribution in [-0.2, 0) is 9.84 Å². The van der Waals surface area contributed by atoms with E-state index in [2.05, 4.69) is 10.5 Å². The molecule has 0 radical (unpaired) electrons. The average molecular weight is 448 g/mol. The maximum absolute atomic E-state index is 12.8. The van der Waals surface area contributed by atoms with Crippen LogP contribution in [0.1, 0.15) is 16.1 Å². The lowest BCUT2D eigenvalue weighted by Gasteiger charge is -2.09. The first-order chi connectivity index (χ1) is 14.3. The van der Waals surface area contributed by atoms with Gasteiger partial charge in [0.2, 0.25) is 5.76 Å². The molecular formula is C19H14ClN3O6S. The summed E-state index contributed by atoms with van der Waals surface area (Å²) in [5.41, 5.74) is 2.64. The van der Waals surface area contributed by atoms with E-state index in [1.165, 1.54) is 12.1 Å². The number of carbonyl (C=O) groups is 1. The smallest absolute Gasteiger partial charge is 0.395 e. The second-order valence-electron chi connectivity index (χ2n) is 5.97. The first-order valence-electron chi connectivity index (χ1n) is 8.41. The number of nitrogens with one attached hydrogen (secondary N) is 1. The number of amides is 1. The molecule has 30 heavy (non-hydrogen) atoms. The molecule has 0 spiro atoms. The molecule has 0 unspecified atom stereocenters. The molecule has 9 nitrogen and oxygen atoms in total. The number of rotatable bonds is 7. The molecule has 0 saturated carbocycles. The van der Waals surface area contributed by atoms with Gasteiger partial charge >= 0.3 is 11.8 Å². The lowest BCUT2D eigenvalue weighted by Crippen LogP contribution is -2.24. The van der Waals surface area contributed by atoms with Crippen molar-refractivity contribution in [1.82, 2.24) is 5.43 Å². The number of nitrogens with zero attached hydrogens (tertiary/aromatic N) is 2. The Balaban J connectivity index is 1.90. The standard InChI is InChI=1S/C19H14ClN3O6S/c20-14-8-6-13(7-9-14)16(12-30(27,28)15-4-2-1-3-5-15)21-22-19(24)17-10-11-18(29-17)23(25)26/h1-11H,12H2,(H,22,24)/b21-16-. The van der Waals surface area contributed by atoms with Crippen molar-refractivity contribution < 1.29 is 22.6 Å². The maximum Gasteiger partial charge on any atom is 0.433 e. The highest BCUT2D eigenvalue weighted by molar-refractivity contribution is 7.92. The normalized spacial score (nSPS) is 11.8. The highest BCUT2D eigenvalue weighted by Crippen LogP contribution is 2.17. The molecule has 1 heterocycles. The Kier molecular flexibility index (Phi) is 6.28. The molecule has 1 N–H and O–H groups in total. The van der Waals surface area contributed by atoms with Crippen molar-refractivity contribution in [2.45, 2.75) is 4.90 Å². The molecule has 0 bridgehead atoms. The second kappa shape index (κ2) is 8.89. The monoisotopic (exact) mass is 447 g/mol. The van der Waals surface area contributed by atoms with Crippen molar-refractivity contribution in [2.75, 3.05) is 5.75 Å². The Morgan fingerprint density at radius 2 is 1.73 bits per heavy atom. The van der Waals surface area contributed by atoms with Crippen LogP contribution < -0.4 is 5.43 Å². The third kappa shape index (κ3) is 5.10. The summed E-state index contributed by atoms with van der Waals surface area (Å²) in [7, 11) is -3.77. The highest BCUT2D eigenvalue weighted by atomic mass is 35.5. The van der Waals surface area contributed by atoms with Gasteiger partial charge in [-0.3, -0.25) is 14.9 Å². The molecule has 11 heteroatoms. The summed E-state index contributed by atoms with van der Waals surface area (Å²) < 4.78 is 30.3. The minimum atomic E-state index is -3.77. The SMILES string of the molecule is O=C(N/N=C(/CS(=O)(=O)c1ccccc1)c1ccc(Cl)cc1)c1ccc([N+](=O)[O-])o1. The van der Waals surface area contributed by atoms with Crippen LogP contribution in [0.4, 0.5) is 5.88 Å². The average Bonchev–Trinajstić information content (AvgIpc) is 3.23. The van der Waals surface area contributed by atoms with Crippen molar-refractivity contribution in [2.24, 2.45) is 5.10 Å². The lowest BCUT2D eigenvalue weighted by molar-refractivity contribution is -0.402. The molecule has 0 aliphatic carbocycles. The van der Waals surface area contributed by atoms with Crippen LogP contribution in [0, 0.1) is 10.1 Å². The molecule has 3 aromatic rings. The summed E-state index contributed by atoms with van der Waals surface area (Å²) in [4.78, 5) is 22.2. The van der Waals surface area contributed by atoms with Crippen molar-refractivity contribution in [3.63, 3.8) is 0 Å². The van der Waals surface area contributed by atoms with Gasteiger partial charge in [0.25, 0.3) is 0 Å². The van der Waals surface area contributed by atoms with Crippen LogP contribution in [0.2, 0.25) is 5.02 Å². The van der Waals surface area contributed by atoms with Crippen molar-refractivity contribution >= 4 is 38.9 Å². The van der Waals surface area contributed by atoms with Gasteiger partial charge in [0.15, 0.2) is 9.84 Å². The first kappa shape index (κ1) is 21.2. The van der Waals surface area contributed by atoms with E-state index in [9.17, 15) is 23.3 Å². The summed E-state index contributed by atoms with van der Waals surface area (Å²) in [6.45, 7) is 0. The van der Waals surface area contributed by atoms with E-state index in [1.807, 2.05) is 0 Å². The van der Waals surface area contributed by atoms with Gasteiger partial charge in [-0.05, 0) is 35.9 Å². The van der Waals surface area contributed by atoms with Crippen LogP contribution in [0.3, 0.4) is 0 Å². The van der Waals surface area contributed by atoms with E-state index in [-0.39, 0.29) is 16.4 Å². The predicted octanol–water partition coefficient (Wildman–Crippen LogP) is 3.45. The van der Waals surface area contributed by atoms with Crippen molar-refractivity contribution in [3.05, 3.63) is 93.2 Å². The van der Waals surface area contributed by atoms with Crippen LogP contribution in [-0.4, -0.2) is 30.7 Å². The molecule has 0 atom stereocenters. The van der Waals surface area contributed by atoms with Crippen LogP contribution in [0.25, 0.3) is 0 Å². The number of hydrogen-bond donors (Lipinski definition) is 1. The van der Waals surface area contributed by atoms with E-state index >= 15 is 0 Å². The van der Waals surface area contributed by atoms with Gasteiger partial charge in [-0.25, -0.2) is 13.8 Å². The fourth-order valence-corrected chi connectivity index (χ4v) is 3.89. The van der Waals surface area contributed by atoms with Gasteiger partial charge in [0.05, 0.1) is 22.4 Å². The molecule has 2 aromatic carbocycles. The van der Waals surface area contributed by atoms with Gasteiger partial charge in [-0.15, -0.1) is 0 Å². The Labute approximate surface area is 176 Å². The maximum atomic E-state index is 12.8. The van der Waals surface area contributed by atoms with Gasteiger partial charge in [0.1, 0.15) is 4.92 Å². The van der Waals surface area contributed by atoms with Crippen LogP contribution in [0.15, 0.2) is 81.1 Å². The van der Waals surface area contributed by atoms with Crippen LogP contribution >= 0.6 is 11.6 Å². The largest absolute Gasteiger partial charge is 0.433 e. The summed E-state index contributed by atoms with van der Waals surface area (Å²) in [5, 5.41) is 15.1. The number of hydrazone groups is 1. The number of nitro groups is 1. The van der Waals surface area contributed by atoms with Gasteiger partial charge in [-0.2, -0.15) is 5.10 Å². The number of hydrogen-bond acceptors (Lipinski definition) is 7. The highest BCUT2D eigenvalue weighted by Gasteiger charge is 2.21. The van der Waals surface area contributed by atoms with E-state index in [0.29, 0.717) is 10.6 Å². The third-order valence-corrected chi connectivity index (χ3v) is 5.79.